The maximum atomic E-state index is 11.8. The van der Waals surface area contributed by atoms with Gasteiger partial charge in [0, 0.05) is 24.6 Å². The highest BCUT2D eigenvalue weighted by Gasteiger charge is 2.51. The summed E-state index contributed by atoms with van der Waals surface area (Å²) < 4.78 is 10.3. The molecule has 4 atom stereocenters. The van der Waals surface area contributed by atoms with Crippen LogP contribution in [0.25, 0.3) is 0 Å². The van der Waals surface area contributed by atoms with Crippen molar-refractivity contribution in [1.82, 2.24) is 10.5 Å². The predicted octanol–water partition coefficient (Wildman–Crippen LogP) is -0.0909. The van der Waals surface area contributed by atoms with Crippen molar-refractivity contribution in [2.24, 2.45) is 11.7 Å². The van der Waals surface area contributed by atoms with Crippen LogP contribution in [0.1, 0.15) is 23.3 Å². The van der Waals surface area contributed by atoms with Crippen LogP contribution in [0.3, 0.4) is 0 Å². The largest absolute Gasteiger partial charge is 0.376 e. The lowest BCUT2D eigenvalue weighted by molar-refractivity contribution is -0.117. The van der Waals surface area contributed by atoms with E-state index in [2.05, 4.69) is 15.0 Å². The highest BCUT2D eigenvalue weighted by atomic mass is 16.5. The number of rotatable bonds is 2. The minimum atomic E-state index is -0.258. The second-order valence-electron chi connectivity index (χ2n) is 4.60. The van der Waals surface area contributed by atoms with Gasteiger partial charge < -0.3 is 20.3 Å². The molecule has 17 heavy (non-hydrogen) atoms. The highest BCUT2D eigenvalue weighted by Crippen LogP contribution is 2.36. The van der Waals surface area contributed by atoms with Gasteiger partial charge in [0.05, 0.1) is 12.1 Å². The minimum Gasteiger partial charge on any atom is -0.376 e. The summed E-state index contributed by atoms with van der Waals surface area (Å²) in [5, 5.41) is 6.44. The molecule has 0 radical (unpaired) electrons. The van der Waals surface area contributed by atoms with E-state index in [9.17, 15) is 4.79 Å². The van der Waals surface area contributed by atoms with E-state index >= 15 is 0 Å². The number of nitrogens with zero attached hydrogens (tertiary/aromatic N) is 1. The number of hydrogen-bond donors (Lipinski definition) is 2. The number of hydrogen-bond acceptors (Lipinski definition) is 5. The van der Waals surface area contributed by atoms with Crippen molar-refractivity contribution >= 4 is 5.91 Å². The lowest BCUT2D eigenvalue weighted by atomic mass is 9.68. The number of nitrogens with one attached hydrogen (secondary N) is 1. The van der Waals surface area contributed by atoms with Crippen LogP contribution < -0.4 is 11.1 Å². The van der Waals surface area contributed by atoms with Crippen LogP contribution in [-0.4, -0.2) is 35.9 Å². The molecule has 6 nitrogen and oxygen atoms in total. The summed E-state index contributed by atoms with van der Waals surface area (Å²) in [7, 11) is 0. The molecule has 2 heterocycles. The smallest absolute Gasteiger partial charge is 0.273 e. The molecule has 1 aliphatic carbocycles. The maximum absolute atomic E-state index is 11.8. The molecule has 6 heteroatoms. The van der Waals surface area contributed by atoms with E-state index in [0.717, 1.165) is 19.4 Å². The molecular formula is C11H15N3O3. The van der Waals surface area contributed by atoms with Gasteiger partial charge in [-0.2, -0.15) is 0 Å². The summed E-state index contributed by atoms with van der Waals surface area (Å²) in [5.74, 6) is 0.123. The van der Waals surface area contributed by atoms with Crippen LogP contribution in [-0.2, 0) is 4.74 Å². The van der Waals surface area contributed by atoms with Crippen molar-refractivity contribution in [1.29, 1.82) is 0 Å². The Balaban J connectivity index is 1.64. The fourth-order valence-corrected chi connectivity index (χ4v) is 2.68. The first-order chi connectivity index (χ1) is 8.27. The Morgan fingerprint density at radius 2 is 2.47 bits per heavy atom. The van der Waals surface area contributed by atoms with Crippen LogP contribution in [0.5, 0.6) is 0 Å². The van der Waals surface area contributed by atoms with Crippen molar-refractivity contribution in [2.45, 2.75) is 31.0 Å². The first-order valence-electron chi connectivity index (χ1n) is 5.86. The molecule has 2 aliphatic rings. The lowest BCUT2D eigenvalue weighted by Gasteiger charge is -2.52. The standard InChI is InChI=1S/C11H15N3O3/c12-8-6-2-1-4-16-10(6)9(8)13-11(15)7-3-5-17-14-7/h3,5-6,8-10H,1-2,4,12H2,(H,13,15). The molecule has 0 bridgehead atoms. The average molecular weight is 237 g/mol. The zero-order valence-electron chi connectivity index (χ0n) is 9.33. The molecule has 1 aromatic heterocycles. The Bertz CT molecular complexity index is 406. The number of carbonyl (C=O) groups excluding carboxylic acids is 1. The van der Waals surface area contributed by atoms with E-state index in [-0.39, 0.29) is 29.8 Å². The quantitative estimate of drug-likeness (QED) is 0.750. The van der Waals surface area contributed by atoms with E-state index in [0.29, 0.717) is 5.92 Å². The van der Waals surface area contributed by atoms with Crippen LogP contribution in [0.4, 0.5) is 0 Å². The zero-order chi connectivity index (χ0) is 11.8. The molecule has 1 saturated carbocycles. The number of ether oxygens (including phenoxy) is 1. The minimum absolute atomic E-state index is 0.0175. The molecular weight excluding hydrogens is 222 g/mol. The van der Waals surface area contributed by atoms with Gasteiger partial charge >= 0.3 is 0 Å². The number of carbonyl (C=O) groups is 1. The number of nitrogens with two attached hydrogens (primary N) is 1. The summed E-state index contributed by atoms with van der Waals surface area (Å²) in [6.07, 6.45) is 3.57. The first-order valence-corrected chi connectivity index (χ1v) is 5.86. The van der Waals surface area contributed by atoms with Crippen molar-refractivity contribution in [3.63, 3.8) is 0 Å². The van der Waals surface area contributed by atoms with Crippen molar-refractivity contribution in [3.8, 4) is 0 Å². The Kier molecular flexibility index (Phi) is 2.60. The fourth-order valence-electron chi connectivity index (χ4n) is 2.68. The van der Waals surface area contributed by atoms with Gasteiger partial charge in [-0.1, -0.05) is 5.16 Å². The molecule has 1 saturated heterocycles. The lowest BCUT2D eigenvalue weighted by Crippen LogP contribution is -2.72. The summed E-state index contributed by atoms with van der Waals surface area (Å²) in [6.45, 7) is 0.754. The Labute approximate surface area is 98.5 Å². The molecule has 92 valence electrons. The van der Waals surface area contributed by atoms with Gasteiger partial charge in [-0.05, 0) is 12.8 Å². The second kappa shape index (κ2) is 4.12. The predicted molar refractivity (Wildman–Crippen MR) is 58.2 cm³/mol. The van der Waals surface area contributed by atoms with Gasteiger partial charge in [0.25, 0.3) is 5.91 Å². The summed E-state index contributed by atoms with van der Waals surface area (Å²) >= 11 is 0. The number of amides is 1. The van der Waals surface area contributed by atoms with E-state index in [1.165, 1.54) is 12.3 Å². The van der Waals surface area contributed by atoms with E-state index in [1.54, 1.807) is 0 Å². The van der Waals surface area contributed by atoms with Gasteiger partial charge in [-0.25, -0.2) is 0 Å². The summed E-state index contributed by atoms with van der Waals surface area (Å²) in [5.41, 5.74) is 6.31. The number of aromatic nitrogens is 1. The third kappa shape index (κ3) is 1.73. The van der Waals surface area contributed by atoms with Crippen LogP contribution in [0.2, 0.25) is 0 Å². The normalized spacial score (nSPS) is 35.8. The van der Waals surface area contributed by atoms with Crippen molar-refractivity contribution < 1.29 is 14.1 Å². The third-order valence-electron chi connectivity index (χ3n) is 3.65. The zero-order valence-corrected chi connectivity index (χ0v) is 9.33. The van der Waals surface area contributed by atoms with E-state index < -0.39 is 0 Å². The maximum Gasteiger partial charge on any atom is 0.273 e. The monoisotopic (exact) mass is 237 g/mol. The average Bonchev–Trinajstić information content (AvgIpc) is 2.89. The summed E-state index contributed by atoms with van der Waals surface area (Å²) in [6, 6.07) is 1.40. The second-order valence-corrected chi connectivity index (χ2v) is 4.60. The Morgan fingerprint density at radius 3 is 3.24 bits per heavy atom. The molecule has 4 unspecified atom stereocenters. The number of fused-ring (bicyclic) bond motifs is 1. The Hall–Kier alpha value is -1.40. The molecule has 0 aromatic carbocycles. The third-order valence-corrected chi connectivity index (χ3v) is 3.65. The first kappa shape index (κ1) is 10.7. The molecule has 1 amide bonds. The van der Waals surface area contributed by atoms with Crippen molar-refractivity contribution in [3.05, 3.63) is 18.0 Å². The van der Waals surface area contributed by atoms with Gasteiger partial charge in [-0.15, -0.1) is 0 Å². The van der Waals surface area contributed by atoms with Gasteiger partial charge in [0.15, 0.2) is 5.69 Å². The van der Waals surface area contributed by atoms with Gasteiger partial charge in [0.2, 0.25) is 0 Å². The van der Waals surface area contributed by atoms with Crippen LogP contribution >= 0.6 is 0 Å². The van der Waals surface area contributed by atoms with Crippen LogP contribution in [0, 0.1) is 5.92 Å². The fraction of sp³-hybridized carbons (Fsp3) is 0.636. The molecule has 0 spiro atoms. The van der Waals surface area contributed by atoms with Crippen molar-refractivity contribution in [2.75, 3.05) is 6.61 Å². The van der Waals surface area contributed by atoms with E-state index in [4.69, 9.17) is 10.5 Å². The Morgan fingerprint density at radius 1 is 1.59 bits per heavy atom. The van der Waals surface area contributed by atoms with E-state index in [1.807, 2.05) is 0 Å². The topological polar surface area (TPSA) is 90.4 Å². The van der Waals surface area contributed by atoms with Crippen LogP contribution in [0.15, 0.2) is 16.9 Å². The summed E-state index contributed by atoms with van der Waals surface area (Å²) in [4.78, 5) is 11.8. The molecule has 1 aromatic rings. The molecule has 3 rings (SSSR count). The molecule has 3 N–H and O–H groups in total. The highest BCUT2D eigenvalue weighted by molar-refractivity contribution is 5.92. The van der Waals surface area contributed by atoms with Gasteiger partial charge in [0.1, 0.15) is 6.26 Å². The molecule has 1 aliphatic heterocycles. The SMILES string of the molecule is NC1C2CCCOC2C1NC(=O)c1ccon1. The molecule has 2 fully saturated rings. The van der Waals surface area contributed by atoms with Gasteiger partial charge in [-0.3, -0.25) is 4.79 Å².